The van der Waals surface area contributed by atoms with E-state index in [1.807, 2.05) is 0 Å². The Labute approximate surface area is 235 Å². The molecule has 11 heteroatoms. The van der Waals surface area contributed by atoms with Gasteiger partial charge in [-0.05, 0) is 75.2 Å². The molecule has 9 nitrogen and oxygen atoms in total. The normalized spacial score (nSPS) is 11.0. The standard InChI is InChI=1S/C30H29F2N5O4/c1-16(2)37(17(3)4)26-24(31)28(40-21-7-5-6-20(14-21)27(33)34)36-29(25(26)32)41-23-9-8-19(15-22(23)30(38)39)18-10-12-35-13-11-18/h5-17H,1-4H3,(H3,33,34)(H,38,39). The molecule has 0 amide bonds. The van der Waals surface area contributed by atoms with Gasteiger partial charge in [-0.2, -0.15) is 13.8 Å². The van der Waals surface area contributed by atoms with Crippen molar-refractivity contribution in [3.05, 3.63) is 89.8 Å². The number of benzene rings is 2. The summed E-state index contributed by atoms with van der Waals surface area (Å²) >= 11 is 0. The highest BCUT2D eigenvalue weighted by molar-refractivity contribution is 5.95. The van der Waals surface area contributed by atoms with Gasteiger partial charge in [0.25, 0.3) is 11.8 Å². The first-order valence-corrected chi connectivity index (χ1v) is 12.7. The predicted molar refractivity (Wildman–Crippen MR) is 151 cm³/mol. The number of hydrogen-bond acceptors (Lipinski definition) is 7. The summed E-state index contributed by atoms with van der Waals surface area (Å²) in [5.74, 6) is -5.12. The average molecular weight is 562 g/mol. The fourth-order valence-corrected chi connectivity index (χ4v) is 4.42. The number of rotatable bonds is 10. The quantitative estimate of drug-likeness (QED) is 0.145. The molecule has 4 rings (SSSR count). The van der Waals surface area contributed by atoms with Crippen molar-refractivity contribution < 1.29 is 28.2 Å². The molecule has 0 spiro atoms. The summed E-state index contributed by atoms with van der Waals surface area (Å²) in [4.78, 5) is 21.6. The molecule has 2 heterocycles. The number of amidine groups is 1. The fourth-order valence-electron chi connectivity index (χ4n) is 4.42. The van der Waals surface area contributed by atoms with Gasteiger partial charge in [-0.3, -0.25) is 10.4 Å². The highest BCUT2D eigenvalue weighted by Crippen LogP contribution is 2.40. The summed E-state index contributed by atoms with van der Waals surface area (Å²) in [5.41, 5.74) is 6.48. The monoisotopic (exact) mass is 561 g/mol. The summed E-state index contributed by atoms with van der Waals surface area (Å²) in [6.07, 6.45) is 3.14. The smallest absolute Gasteiger partial charge is 0.339 e. The lowest BCUT2D eigenvalue weighted by Gasteiger charge is -2.33. The molecule has 0 atom stereocenters. The maximum absolute atomic E-state index is 16.0. The number of anilines is 1. The van der Waals surface area contributed by atoms with Gasteiger partial charge in [-0.25, -0.2) is 4.79 Å². The molecule has 0 bridgehead atoms. The number of carboxylic acid groups (broad SMARTS) is 1. The maximum atomic E-state index is 16.0. The van der Waals surface area contributed by atoms with Gasteiger partial charge in [0.15, 0.2) is 0 Å². The number of nitrogen functional groups attached to an aromatic ring is 1. The number of pyridine rings is 2. The molecule has 0 fully saturated rings. The van der Waals surface area contributed by atoms with Crippen LogP contribution in [-0.4, -0.2) is 39.0 Å². The second-order valence-corrected chi connectivity index (χ2v) is 9.69. The van der Waals surface area contributed by atoms with Crippen LogP contribution in [0.5, 0.6) is 23.3 Å². The molecule has 0 radical (unpaired) electrons. The van der Waals surface area contributed by atoms with Crippen LogP contribution in [0.3, 0.4) is 0 Å². The van der Waals surface area contributed by atoms with E-state index in [2.05, 4.69) is 9.97 Å². The lowest BCUT2D eigenvalue weighted by molar-refractivity contribution is 0.0694. The molecule has 0 aliphatic heterocycles. The van der Waals surface area contributed by atoms with Crippen molar-refractivity contribution in [2.75, 3.05) is 4.90 Å². The Morgan fingerprint density at radius 3 is 2.15 bits per heavy atom. The first-order valence-electron chi connectivity index (χ1n) is 12.7. The molecule has 4 aromatic rings. The van der Waals surface area contributed by atoms with Gasteiger partial charge in [0, 0.05) is 30.0 Å². The molecular formula is C30H29F2N5O4. The number of nitrogens with zero attached hydrogens (tertiary/aromatic N) is 3. The first-order chi connectivity index (χ1) is 19.5. The Balaban J connectivity index is 1.86. The molecule has 0 unspecified atom stereocenters. The van der Waals surface area contributed by atoms with E-state index in [1.165, 1.54) is 29.2 Å². The zero-order valence-electron chi connectivity index (χ0n) is 22.9. The Morgan fingerprint density at radius 2 is 1.56 bits per heavy atom. The Hall–Kier alpha value is -5.06. The third kappa shape index (κ3) is 6.24. The van der Waals surface area contributed by atoms with Crippen molar-refractivity contribution in [3.8, 4) is 34.4 Å². The largest absolute Gasteiger partial charge is 0.478 e. The van der Waals surface area contributed by atoms with Crippen LogP contribution in [0.2, 0.25) is 0 Å². The van der Waals surface area contributed by atoms with E-state index in [-0.39, 0.29) is 35.0 Å². The number of hydrogen-bond donors (Lipinski definition) is 3. The van der Waals surface area contributed by atoms with Gasteiger partial charge in [0.2, 0.25) is 11.6 Å². The van der Waals surface area contributed by atoms with Gasteiger partial charge >= 0.3 is 5.97 Å². The molecule has 4 N–H and O–H groups in total. The minimum Gasteiger partial charge on any atom is -0.478 e. The highest BCUT2D eigenvalue weighted by atomic mass is 19.1. The van der Waals surface area contributed by atoms with E-state index < -0.39 is 35.1 Å². The Morgan fingerprint density at radius 1 is 0.927 bits per heavy atom. The number of carboxylic acids is 1. The summed E-state index contributed by atoms with van der Waals surface area (Å²) in [6, 6.07) is 13.2. The second kappa shape index (κ2) is 12.0. The molecular weight excluding hydrogens is 532 g/mol. The van der Waals surface area contributed by atoms with Crippen LogP contribution in [0, 0.1) is 17.0 Å². The SMILES string of the molecule is CC(C)N(c1c(F)c(Oc2cccc(C(=N)N)c2)nc(Oc2ccc(-c3ccncc3)cc2C(=O)O)c1F)C(C)C. The predicted octanol–water partition coefficient (Wildman–Crippen LogP) is 6.61. The molecule has 0 saturated carbocycles. The summed E-state index contributed by atoms with van der Waals surface area (Å²) in [5, 5.41) is 17.6. The number of aromatic carboxylic acids is 1. The summed E-state index contributed by atoms with van der Waals surface area (Å²) < 4.78 is 43.4. The van der Waals surface area contributed by atoms with E-state index in [9.17, 15) is 9.90 Å². The number of nitrogens with two attached hydrogens (primary N) is 1. The van der Waals surface area contributed by atoms with E-state index in [1.54, 1.807) is 70.4 Å². The second-order valence-electron chi connectivity index (χ2n) is 9.69. The van der Waals surface area contributed by atoms with Crippen LogP contribution in [0.15, 0.2) is 67.0 Å². The van der Waals surface area contributed by atoms with Crippen LogP contribution in [-0.2, 0) is 0 Å². The molecule has 2 aromatic heterocycles. The van der Waals surface area contributed by atoms with Crippen molar-refractivity contribution in [1.29, 1.82) is 5.41 Å². The number of aromatic nitrogens is 2. The van der Waals surface area contributed by atoms with Crippen molar-refractivity contribution in [2.24, 2.45) is 5.73 Å². The first kappa shape index (κ1) is 28.9. The number of halogens is 2. The third-order valence-corrected chi connectivity index (χ3v) is 6.16. The van der Waals surface area contributed by atoms with Crippen LogP contribution in [0.1, 0.15) is 43.6 Å². The zero-order chi connectivity index (χ0) is 29.8. The van der Waals surface area contributed by atoms with E-state index in [4.69, 9.17) is 20.6 Å². The Bertz CT molecular complexity index is 1590. The lowest BCUT2D eigenvalue weighted by atomic mass is 10.0. The average Bonchev–Trinajstić information content (AvgIpc) is 2.93. The van der Waals surface area contributed by atoms with E-state index in [0.717, 1.165) is 5.56 Å². The highest BCUT2D eigenvalue weighted by Gasteiger charge is 2.31. The molecule has 0 aliphatic rings. The van der Waals surface area contributed by atoms with Crippen molar-refractivity contribution in [1.82, 2.24) is 9.97 Å². The van der Waals surface area contributed by atoms with Crippen molar-refractivity contribution in [3.63, 3.8) is 0 Å². The number of ether oxygens (including phenoxy) is 2. The maximum Gasteiger partial charge on any atom is 0.339 e. The topological polar surface area (TPSA) is 135 Å². The van der Waals surface area contributed by atoms with Gasteiger partial charge in [0.1, 0.15) is 28.6 Å². The fraction of sp³-hybridized carbons (Fsp3) is 0.200. The van der Waals surface area contributed by atoms with Crippen molar-refractivity contribution >= 4 is 17.5 Å². The van der Waals surface area contributed by atoms with Crippen molar-refractivity contribution in [2.45, 2.75) is 39.8 Å². The van der Waals surface area contributed by atoms with Gasteiger partial charge in [-0.1, -0.05) is 18.2 Å². The molecule has 2 aromatic carbocycles. The summed E-state index contributed by atoms with van der Waals surface area (Å²) in [7, 11) is 0. The minimum absolute atomic E-state index is 0.0983. The Kier molecular flexibility index (Phi) is 8.46. The zero-order valence-corrected chi connectivity index (χ0v) is 22.9. The van der Waals surface area contributed by atoms with Gasteiger partial charge < -0.3 is 25.2 Å². The third-order valence-electron chi connectivity index (χ3n) is 6.16. The van der Waals surface area contributed by atoms with Gasteiger partial charge in [0.05, 0.1) is 0 Å². The van der Waals surface area contributed by atoms with Crippen LogP contribution >= 0.6 is 0 Å². The molecule has 0 saturated heterocycles. The minimum atomic E-state index is -1.32. The number of nitrogens with one attached hydrogen (secondary N) is 1. The number of carbonyl (C=O) groups is 1. The van der Waals surface area contributed by atoms with E-state index >= 15 is 8.78 Å². The van der Waals surface area contributed by atoms with Gasteiger partial charge in [-0.15, -0.1) is 0 Å². The van der Waals surface area contributed by atoms with Crippen LogP contribution < -0.4 is 20.1 Å². The molecule has 41 heavy (non-hydrogen) atoms. The molecule has 0 aliphatic carbocycles. The van der Waals surface area contributed by atoms with E-state index in [0.29, 0.717) is 11.1 Å². The lowest BCUT2D eigenvalue weighted by Crippen LogP contribution is -2.38. The summed E-state index contributed by atoms with van der Waals surface area (Å²) in [6.45, 7) is 7.10. The van der Waals surface area contributed by atoms with Crippen LogP contribution in [0.4, 0.5) is 14.5 Å². The van der Waals surface area contributed by atoms with Crippen LogP contribution in [0.25, 0.3) is 11.1 Å². The molecule has 212 valence electrons.